The molecule has 1 rings (SSSR count). The molecule has 0 atom stereocenters. The fourth-order valence-electron chi connectivity index (χ4n) is 2.06. The van der Waals surface area contributed by atoms with Gasteiger partial charge in [-0.3, -0.25) is 4.79 Å². The number of rotatable bonds is 8. The molecule has 0 amide bonds. The second-order valence-corrected chi connectivity index (χ2v) is 10.4. The van der Waals surface area contributed by atoms with Crippen LogP contribution in [0.2, 0.25) is 10.0 Å². The largest absolute Gasteiger partial charge is 0.299 e. The molecule has 1 aromatic carbocycles. The molecule has 1 aromatic rings. The minimum Gasteiger partial charge on any atom is -0.299 e. The van der Waals surface area contributed by atoms with E-state index in [0.717, 1.165) is 12.0 Å². The third-order valence-electron chi connectivity index (χ3n) is 3.70. The van der Waals surface area contributed by atoms with Gasteiger partial charge in [0.15, 0.2) is 9.84 Å². The highest BCUT2D eigenvalue weighted by Gasteiger charge is 2.27. The van der Waals surface area contributed by atoms with Gasteiger partial charge in [-0.05, 0) is 51.3 Å². The molecule has 0 aliphatic heterocycles. The van der Waals surface area contributed by atoms with Crippen LogP contribution in [0.3, 0.4) is 0 Å². The Balaban J connectivity index is 2.32. The Bertz CT molecular complexity index is 646. The Morgan fingerprint density at radius 2 is 1.74 bits per heavy atom. The van der Waals surface area contributed by atoms with Gasteiger partial charge in [0, 0.05) is 22.9 Å². The van der Waals surface area contributed by atoms with Crippen molar-refractivity contribution in [3.05, 3.63) is 33.8 Å². The number of carbonyl (C=O) groups excluding carboxylic acids is 1. The lowest BCUT2D eigenvalue weighted by Crippen LogP contribution is -2.30. The first-order valence-corrected chi connectivity index (χ1v) is 10.1. The second kappa shape index (κ2) is 8.50. The molecule has 0 saturated heterocycles. The van der Waals surface area contributed by atoms with Crippen molar-refractivity contribution >= 4 is 38.8 Å². The van der Waals surface area contributed by atoms with Crippen LogP contribution >= 0.6 is 23.2 Å². The molecule has 0 radical (unpaired) electrons. The van der Waals surface area contributed by atoms with Crippen molar-refractivity contribution in [1.82, 2.24) is 0 Å². The van der Waals surface area contributed by atoms with Crippen molar-refractivity contribution in [2.24, 2.45) is 0 Å². The van der Waals surface area contributed by atoms with E-state index in [1.54, 1.807) is 39.0 Å². The van der Waals surface area contributed by atoms with Gasteiger partial charge in [-0.15, -0.1) is 0 Å². The summed E-state index contributed by atoms with van der Waals surface area (Å²) >= 11 is 11.9. The lowest BCUT2D eigenvalue weighted by Gasteiger charge is -2.18. The summed E-state index contributed by atoms with van der Waals surface area (Å²) in [6.45, 7) is 5.13. The number of hydrogen-bond donors (Lipinski definition) is 0. The van der Waals surface area contributed by atoms with E-state index in [1.165, 1.54) is 0 Å². The van der Waals surface area contributed by atoms with Crippen LogP contribution < -0.4 is 0 Å². The predicted octanol–water partition coefficient (Wildman–Crippen LogP) is 4.88. The van der Waals surface area contributed by atoms with Gasteiger partial charge in [-0.25, -0.2) is 8.42 Å². The van der Waals surface area contributed by atoms with Gasteiger partial charge in [0.2, 0.25) is 0 Å². The van der Waals surface area contributed by atoms with Crippen molar-refractivity contribution in [3.8, 4) is 0 Å². The molecule has 3 nitrogen and oxygen atoms in total. The van der Waals surface area contributed by atoms with E-state index in [4.69, 9.17) is 23.2 Å². The van der Waals surface area contributed by atoms with Gasteiger partial charge >= 0.3 is 0 Å². The summed E-state index contributed by atoms with van der Waals surface area (Å²) in [5, 5.41) is 1.05. The SMILES string of the molecule is CC(C)(C)S(=O)(=O)CCCCCC(=O)Cc1ccc(Cl)cc1Cl. The summed E-state index contributed by atoms with van der Waals surface area (Å²) in [5.41, 5.74) is 0.774. The fraction of sp³-hybridized carbons (Fsp3) is 0.588. The first kappa shape index (κ1) is 20.5. The van der Waals surface area contributed by atoms with Gasteiger partial charge in [0.1, 0.15) is 5.78 Å². The Morgan fingerprint density at radius 1 is 1.09 bits per heavy atom. The van der Waals surface area contributed by atoms with E-state index in [9.17, 15) is 13.2 Å². The van der Waals surface area contributed by atoms with E-state index in [-0.39, 0.29) is 18.0 Å². The maximum absolute atomic E-state index is 12.0. The van der Waals surface area contributed by atoms with Crippen LogP contribution in [0.5, 0.6) is 0 Å². The molecule has 0 heterocycles. The van der Waals surface area contributed by atoms with Gasteiger partial charge in [-0.2, -0.15) is 0 Å². The molecule has 0 unspecified atom stereocenters. The lowest BCUT2D eigenvalue weighted by molar-refractivity contribution is -0.118. The zero-order valence-electron chi connectivity index (χ0n) is 13.9. The molecule has 0 aliphatic carbocycles. The predicted molar refractivity (Wildman–Crippen MR) is 97.2 cm³/mol. The smallest absolute Gasteiger partial charge is 0.155 e. The highest BCUT2D eigenvalue weighted by Crippen LogP contribution is 2.22. The van der Waals surface area contributed by atoms with E-state index in [2.05, 4.69) is 0 Å². The van der Waals surface area contributed by atoms with Crippen LogP contribution in [-0.2, 0) is 21.1 Å². The Hall–Kier alpha value is -0.580. The van der Waals surface area contributed by atoms with Gasteiger partial charge in [0.05, 0.1) is 10.5 Å². The Morgan fingerprint density at radius 3 is 2.30 bits per heavy atom. The molecule has 0 aliphatic rings. The van der Waals surface area contributed by atoms with Crippen molar-refractivity contribution in [3.63, 3.8) is 0 Å². The second-order valence-electron chi connectivity index (χ2n) is 6.69. The standard InChI is InChI=1S/C17H24Cl2O3S/c1-17(2,3)23(21,22)10-6-4-5-7-15(20)11-13-8-9-14(18)12-16(13)19/h8-9,12H,4-7,10-11H2,1-3H3. The molecule has 23 heavy (non-hydrogen) atoms. The zero-order valence-corrected chi connectivity index (χ0v) is 16.2. The zero-order chi connectivity index (χ0) is 17.7. The average molecular weight is 379 g/mol. The quantitative estimate of drug-likeness (QED) is 0.605. The van der Waals surface area contributed by atoms with Crippen LogP contribution in [0.25, 0.3) is 0 Å². The van der Waals surface area contributed by atoms with E-state index in [1.807, 2.05) is 0 Å². The van der Waals surface area contributed by atoms with Crippen LogP contribution in [0, 0.1) is 0 Å². The van der Waals surface area contributed by atoms with Crippen molar-refractivity contribution in [2.45, 2.75) is 57.6 Å². The molecule has 130 valence electrons. The number of Topliss-reactive ketones (excluding diaryl/α,β-unsaturated/α-hetero) is 1. The number of carbonyl (C=O) groups is 1. The molecule has 0 spiro atoms. The summed E-state index contributed by atoms with van der Waals surface area (Å²) in [6.07, 6.45) is 2.75. The summed E-state index contributed by atoms with van der Waals surface area (Å²) in [4.78, 5) is 12.0. The number of benzene rings is 1. The average Bonchev–Trinajstić information content (AvgIpc) is 2.40. The normalized spacial score (nSPS) is 12.4. The maximum Gasteiger partial charge on any atom is 0.155 e. The molecule has 6 heteroatoms. The number of ketones is 1. The molecule has 0 saturated carbocycles. The van der Waals surface area contributed by atoms with Crippen LogP contribution in [0.4, 0.5) is 0 Å². The summed E-state index contributed by atoms with van der Waals surface area (Å²) < 4.78 is 23.2. The third kappa shape index (κ3) is 6.82. The number of unbranched alkanes of at least 4 members (excludes halogenated alkanes) is 2. The van der Waals surface area contributed by atoms with Crippen molar-refractivity contribution < 1.29 is 13.2 Å². The van der Waals surface area contributed by atoms with Crippen LogP contribution in [-0.4, -0.2) is 24.7 Å². The summed E-state index contributed by atoms with van der Waals surface area (Å²) in [6, 6.07) is 5.11. The molecule has 0 bridgehead atoms. The molecule has 0 fully saturated rings. The van der Waals surface area contributed by atoms with Crippen LogP contribution in [0.15, 0.2) is 18.2 Å². The van der Waals surface area contributed by atoms with Gasteiger partial charge in [0.25, 0.3) is 0 Å². The molecular weight excluding hydrogens is 355 g/mol. The number of sulfone groups is 1. The van der Waals surface area contributed by atoms with E-state index >= 15 is 0 Å². The molecular formula is C17H24Cl2O3S. The monoisotopic (exact) mass is 378 g/mol. The van der Waals surface area contributed by atoms with E-state index < -0.39 is 14.6 Å². The lowest BCUT2D eigenvalue weighted by atomic mass is 10.0. The molecule has 0 aromatic heterocycles. The molecule has 0 N–H and O–H groups in total. The fourth-order valence-corrected chi connectivity index (χ4v) is 3.73. The maximum atomic E-state index is 12.0. The number of hydrogen-bond acceptors (Lipinski definition) is 3. The van der Waals surface area contributed by atoms with E-state index in [0.29, 0.717) is 29.3 Å². The summed E-state index contributed by atoms with van der Waals surface area (Å²) in [5.74, 6) is 0.279. The Kier molecular flexibility index (Phi) is 7.56. The first-order valence-electron chi connectivity index (χ1n) is 7.71. The van der Waals surface area contributed by atoms with Crippen molar-refractivity contribution in [1.29, 1.82) is 0 Å². The summed E-state index contributed by atoms with van der Waals surface area (Å²) in [7, 11) is -3.07. The first-order chi connectivity index (χ1) is 10.5. The third-order valence-corrected chi connectivity index (χ3v) is 6.98. The minimum absolute atomic E-state index is 0.105. The topological polar surface area (TPSA) is 51.2 Å². The number of halogens is 2. The minimum atomic E-state index is -3.07. The highest BCUT2D eigenvalue weighted by atomic mass is 35.5. The highest BCUT2D eigenvalue weighted by molar-refractivity contribution is 7.92. The van der Waals surface area contributed by atoms with Crippen LogP contribution in [0.1, 0.15) is 52.0 Å². The van der Waals surface area contributed by atoms with Crippen molar-refractivity contribution in [2.75, 3.05) is 5.75 Å². The van der Waals surface area contributed by atoms with Gasteiger partial charge < -0.3 is 0 Å². The Labute approximate surface area is 149 Å². The van der Waals surface area contributed by atoms with Gasteiger partial charge in [-0.1, -0.05) is 35.7 Å².